The molecule has 1 N–H and O–H groups in total. The molecule has 0 spiro atoms. The largest absolute Gasteiger partial charge is 0.370 e. The molecule has 17 heavy (non-hydrogen) atoms. The molecule has 1 aliphatic rings. The van der Waals surface area contributed by atoms with Gasteiger partial charge in [0.15, 0.2) is 0 Å². The van der Waals surface area contributed by atoms with Gasteiger partial charge in [-0.15, -0.1) is 12.4 Å². The molecule has 96 valence electrons. The molecule has 0 aromatic heterocycles. The predicted octanol–water partition coefficient (Wildman–Crippen LogP) is 2.82. The van der Waals surface area contributed by atoms with Crippen LogP contribution in [0.4, 0.5) is 8.78 Å². The highest BCUT2D eigenvalue weighted by Gasteiger charge is 2.27. The van der Waals surface area contributed by atoms with Crippen molar-refractivity contribution in [3.8, 4) is 0 Å². The summed E-state index contributed by atoms with van der Waals surface area (Å²) in [4.78, 5) is 0. The van der Waals surface area contributed by atoms with Crippen LogP contribution in [-0.4, -0.2) is 18.7 Å². The zero-order chi connectivity index (χ0) is 11.7. The fourth-order valence-electron chi connectivity index (χ4n) is 2.10. The van der Waals surface area contributed by atoms with Crippen molar-refractivity contribution in [2.75, 3.05) is 6.61 Å². The fraction of sp³-hybridized carbons (Fsp3) is 0.500. The van der Waals surface area contributed by atoms with Gasteiger partial charge in [0.1, 0.15) is 11.6 Å². The van der Waals surface area contributed by atoms with Crippen LogP contribution < -0.4 is 5.32 Å². The first-order chi connectivity index (χ1) is 7.56. The van der Waals surface area contributed by atoms with Gasteiger partial charge in [0.05, 0.1) is 12.7 Å². The molecule has 1 aliphatic heterocycles. The van der Waals surface area contributed by atoms with Crippen LogP contribution in [0.5, 0.6) is 0 Å². The van der Waals surface area contributed by atoms with E-state index in [9.17, 15) is 8.78 Å². The first kappa shape index (κ1) is 14.4. The molecule has 0 saturated carbocycles. The molecule has 1 heterocycles. The molecule has 1 aromatic carbocycles. The third kappa shape index (κ3) is 3.37. The first-order valence-electron chi connectivity index (χ1n) is 5.40. The Labute approximate surface area is 106 Å². The quantitative estimate of drug-likeness (QED) is 0.841. The van der Waals surface area contributed by atoms with E-state index in [0.717, 1.165) is 6.07 Å². The van der Waals surface area contributed by atoms with E-state index in [1.54, 1.807) is 0 Å². The third-order valence-corrected chi connectivity index (χ3v) is 2.74. The average molecular weight is 264 g/mol. The second-order valence-corrected chi connectivity index (χ2v) is 4.31. The van der Waals surface area contributed by atoms with Crippen LogP contribution in [0.3, 0.4) is 0 Å². The second-order valence-electron chi connectivity index (χ2n) is 4.31. The van der Waals surface area contributed by atoms with Crippen molar-refractivity contribution in [3.63, 3.8) is 0 Å². The number of benzene rings is 1. The summed E-state index contributed by atoms with van der Waals surface area (Å²) >= 11 is 0. The molecule has 2 nitrogen and oxygen atoms in total. The van der Waals surface area contributed by atoms with E-state index in [-0.39, 0.29) is 30.6 Å². The maximum Gasteiger partial charge on any atom is 0.126 e. The topological polar surface area (TPSA) is 21.3 Å². The summed E-state index contributed by atoms with van der Waals surface area (Å²) in [5.41, 5.74) is 0.546. The van der Waals surface area contributed by atoms with E-state index in [0.29, 0.717) is 12.2 Å². The highest BCUT2D eigenvalue weighted by Crippen LogP contribution is 2.26. The van der Waals surface area contributed by atoms with E-state index in [1.165, 1.54) is 12.1 Å². The zero-order valence-electron chi connectivity index (χ0n) is 9.74. The van der Waals surface area contributed by atoms with E-state index in [2.05, 4.69) is 5.32 Å². The lowest BCUT2D eigenvalue weighted by molar-refractivity contribution is -0.0209. The van der Waals surface area contributed by atoms with Gasteiger partial charge in [0.25, 0.3) is 0 Å². The third-order valence-electron chi connectivity index (χ3n) is 2.74. The Bertz CT molecular complexity index is 369. The lowest BCUT2D eigenvalue weighted by Crippen LogP contribution is -2.47. The van der Waals surface area contributed by atoms with Gasteiger partial charge in [0, 0.05) is 18.2 Å². The number of morpholine rings is 1. The number of rotatable bonds is 1. The van der Waals surface area contributed by atoms with Crippen LogP contribution >= 0.6 is 12.4 Å². The van der Waals surface area contributed by atoms with Crippen molar-refractivity contribution in [1.29, 1.82) is 0 Å². The maximum atomic E-state index is 13.1. The molecule has 0 amide bonds. The molecule has 5 heteroatoms. The van der Waals surface area contributed by atoms with Crippen molar-refractivity contribution in [2.45, 2.75) is 32.0 Å². The van der Waals surface area contributed by atoms with Crippen LogP contribution in [0, 0.1) is 11.6 Å². The Hall–Kier alpha value is -0.710. The first-order valence-corrected chi connectivity index (χ1v) is 5.40. The highest BCUT2D eigenvalue weighted by atomic mass is 35.5. The summed E-state index contributed by atoms with van der Waals surface area (Å²) in [5.74, 6) is -1.13. The molecule has 0 unspecified atom stereocenters. The minimum Gasteiger partial charge on any atom is -0.370 e. The van der Waals surface area contributed by atoms with Crippen LogP contribution in [-0.2, 0) is 4.74 Å². The molecule has 2 rings (SSSR count). The molecule has 0 aliphatic carbocycles. The standard InChI is InChI=1S/C12H15F2NO.ClH/c1-7-6-16-12(8(2)15-7)9-3-10(13)5-11(14)4-9;/h3-5,7-8,12,15H,6H2,1-2H3;1H/t7-,8+,12-;/m0./s1. The summed E-state index contributed by atoms with van der Waals surface area (Å²) in [6.07, 6.45) is -0.290. The van der Waals surface area contributed by atoms with E-state index < -0.39 is 11.6 Å². The van der Waals surface area contributed by atoms with Crippen molar-refractivity contribution in [1.82, 2.24) is 5.32 Å². The molecule has 3 atom stereocenters. The summed E-state index contributed by atoms with van der Waals surface area (Å²) in [6, 6.07) is 3.83. The van der Waals surface area contributed by atoms with Crippen LogP contribution in [0.25, 0.3) is 0 Å². The summed E-state index contributed by atoms with van der Waals surface area (Å²) in [6.45, 7) is 4.51. The molecule has 0 bridgehead atoms. The average Bonchev–Trinajstić information content (AvgIpc) is 2.15. The molecular formula is C12H16ClF2NO. The van der Waals surface area contributed by atoms with E-state index in [4.69, 9.17) is 4.74 Å². The number of ether oxygens (including phenoxy) is 1. The van der Waals surface area contributed by atoms with Gasteiger partial charge in [-0.2, -0.15) is 0 Å². The predicted molar refractivity (Wildman–Crippen MR) is 64.4 cm³/mol. The molecule has 1 fully saturated rings. The van der Waals surface area contributed by atoms with Gasteiger partial charge in [-0.1, -0.05) is 0 Å². The molecule has 1 saturated heterocycles. The Morgan fingerprint density at radius 3 is 2.29 bits per heavy atom. The Morgan fingerprint density at radius 2 is 1.76 bits per heavy atom. The SMILES string of the molecule is C[C@H]1CO[C@H](c2cc(F)cc(F)c2)[C@@H](C)N1.Cl. The van der Waals surface area contributed by atoms with Gasteiger partial charge >= 0.3 is 0 Å². The lowest BCUT2D eigenvalue weighted by atomic mass is 10.0. The number of halogens is 3. The number of nitrogens with one attached hydrogen (secondary N) is 1. The Balaban J connectivity index is 0.00000144. The summed E-state index contributed by atoms with van der Waals surface area (Å²) in [5, 5.41) is 3.30. The molecule has 1 aromatic rings. The van der Waals surface area contributed by atoms with Gasteiger partial charge < -0.3 is 10.1 Å². The van der Waals surface area contributed by atoms with Gasteiger partial charge in [-0.25, -0.2) is 8.78 Å². The normalized spacial score (nSPS) is 28.6. The zero-order valence-corrected chi connectivity index (χ0v) is 10.6. The highest BCUT2D eigenvalue weighted by molar-refractivity contribution is 5.85. The van der Waals surface area contributed by atoms with Crippen LogP contribution in [0.15, 0.2) is 18.2 Å². The summed E-state index contributed by atoms with van der Waals surface area (Å²) in [7, 11) is 0. The minimum atomic E-state index is -0.565. The van der Waals surface area contributed by atoms with Gasteiger partial charge in [-0.3, -0.25) is 0 Å². The van der Waals surface area contributed by atoms with Crippen molar-refractivity contribution >= 4 is 12.4 Å². The fourth-order valence-corrected chi connectivity index (χ4v) is 2.10. The second kappa shape index (κ2) is 5.76. The van der Waals surface area contributed by atoms with Gasteiger partial charge in [0.2, 0.25) is 0 Å². The van der Waals surface area contributed by atoms with Crippen molar-refractivity contribution in [2.24, 2.45) is 0 Å². The Kier molecular flexibility index (Phi) is 4.86. The molecular weight excluding hydrogens is 248 g/mol. The van der Waals surface area contributed by atoms with Crippen LogP contribution in [0.1, 0.15) is 25.5 Å². The van der Waals surface area contributed by atoms with Gasteiger partial charge in [-0.05, 0) is 31.5 Å². The van der Waals surface area contributed by atoms with E-state index >= 15 is 0 Å². The smallest absolute Gasteiger partial charge is 0.126 e. The van der Waals surface area contributed by atoms with Crippen molar-refractivity contribution < 1.29 is 13.5 Å². The van der Waals surface area contributed by atoms with E-state index in [1.807, 2.05) is 13.8 Å². The maximum absolute atomic E-state index is 13.1. The number of hydrogen-bond donors (Lipinski definition) is 1. The summed E-state index contributed by atoms with van der Waals surface area (Å²) < 4.78 is 31.7. The minimum absolute atomic E-state index is 0. The van der Waals surface area contributed by atoms with Crippen LogP contribution in [0.2, 0.25) is 0 Å². The monoisotopic (exact) mass is 263 g/mol. The lowest BCUT2D eigenvalue weighted by Gasteiger charge is -2.34. The molecule has 0 radical (unpaired) electrons. The Morgan fingerprint density at radius 1 is 1.18 bits per heavy atom. The number of hydrogen-bond acceptors (Lipinski definition) is 2. The van der Waals surface area contributed by atoms with Crippen molar-refractivity contribution in [3.05, 3.63) is 35.4 Å².